The Balaban J connectivity index is 1.96. The molecule has 0 atom stereocenters. The summed E-state index contributed by atoms with van der Waals surface area (Å²) in [6, 6.07) is 16.9. The van der Waals surface area contributed by atoms with Crippen molar-refractivity contribution >= 4 is 5.71 Å². The third-order valence-electron chi connectivity index (χ3n) is 4.08. The van der Waals surface area contributed by atoms with Crippen molar-refractivity contribution in [1.82, 2.24) is 0 Å². The highest BCUT2D eigenvalue weighted by molar-refractivity contribution is 6.13. The molecule has 20 heavy (non-hydrogen) atoms. The molecule has 0 saturated carbocycles. The van der Waals surface area contributed by atoms with Crippen LogP contribution in [-0.4, -0.2) is 5.71 Å². The van der Waals surface area contributed by atoms with Crippen LogP contribution in [0.2, 0.25) is 0 Å². The number of rotatable bonds is 1. The molecule has 0 amide bonds. The van der Waals surface area contributed by atoms with E-state index in [1.54, 1.807) is 6.08 Å². The normalized spacial score (nSPS) is 16.4. The number of hydrogen-bond acceptors (Lipinski definition) is 0. The number of fused-ring (bicyclic) bond motifs is 3. The second-order valence-electron chi connectivity index (χ2n) is 5.17. The zero-order valence-corrected chi connectivity index (χ0v) is 11.0. The summed E-state index contributed by atoms with van der Waals surface area (Å²) in [6.45, 7) is 0. The van der Waals surface area contributed by atoms with Crippen molar-refractivity contribution in [2.24, 2.45) is 0 Å². The van der Waals surface area contributed by atoms with Gasteiger partial charge in [0.2, 0.25) is 0 Å². The monoisotopic (exact) mass is 255 g/mol. The Morgan fingerprint density at radius 2 is 1.45 bits per heavy atom. The quantitative estimate of drug-likeness (QED) is 0.669. The molecule has 0 unspecified atom stereocenters. The van der Waals surface area contributed by atoms with Crippen LogP contribution in [0.5, 0.6) is 0 Å². The minimum atomic E-state index is 0.128. The molecule has 0 aliphatic heterocycles. The molecule has 0 aromatic heterocycles. The summed E-state index contributed by atoms with van der Waals surface area (Å²) in [5.41, 5.74) is 6.44. The molecular formula is C19H13N. The summed E-state index contributed by atoms with van der Waals surface area (Å²) in [6.07, 6.45) is 7.63. The zero-order chi connectivity index (χ0) is 13.5. The van der Waals surface area contributed by atoms with Crippen molar-refractivity contribution in [2.45, 2.75) is 5.92 Å². The molecule has 2 aliphatic rings. The minimum Gasteiger partial charge on any atom is -0.779 e. The summed E-state index contributed by atoms with van der Waals surface area (Å²) >= 11 is 0. The Bertz CT molecular complexity index is 719. The number of hydrogen-bond donors (Lipinski definition) is 0. The fourth-order valence-electron chi connectivity index (χ4n) is 3.22. The van der Waals surface area contributed by atoms with Crippen LogP contribution in [0.3, 0.4) is 0 Å². The molecule has 4 rings (SSSR count). The Morgan fingerprint density at radius 3 is 2.05 bits per heavy atom. The van der Waals surface area contributed by atoms with E-state index in [2.05, 4.69) is 48.5 Å². The predicted octanol–water partition coefficient (Wildman–Crippen LogP) is 4.51. The standard InChI is InChI=1S/C19H13N/c20-18-12-6-5-11-17(18)19-15-9-3-1-7-13(15)14-8-2-4-10-16(14)19/h1-12,19H. The van der Waals surface area contributed by atoms with Crippen LogP contribution in [0.1, 0.15) is 17.0 Å². The van der Waals surface area contributed by atoms with Gasteiger partial charge in [-0.2, -0.15) is 0 Å². The maximum absolute atomic E-state index is 10.2. The van der Waals surface area contributed by atoms with Crippen molar-refractivity contribution in [3.63, 3.8) is 0 Å². The van der Waals surface area contributed by atoms with Crippen molar-refractivity contribution in [3.8, 4) is 11.1 Å². The zero-order valence-electron chi connectivity index (χ0n) is 11.0. The number of allylic oxidation sites excluding steroid dienone is 4. The number of nitrogens with zero attached hydrogens (tertiary/aromatic N) is 1. The first kappa shape index (κ1) is 11.3. The summed E-state index contributed by atoms with van der Waals surface area (Å²) in [4.78, 5) is 0. The third kappa shape index (κ3) is 1.50. The Kier molecular flexibility index (Phi) is 2.40. The lowest BCUT2D eigenvalue weighted by Gasteiger charge is -2.18. The molecule has 1 heteroatoms. The van der Waals surface area contributed by atoms with Gasteiger partial charge < -0.3 is 5.41 Å². The number of benzene rings is 2. The molecule has 2 aliphatic carbocycles. The van der Waals surface area contributed by atoms with Gasteiger partial charge in [0, 0.05) is 24.1 Å². The largest absolute Gasteiger partial charge is 0.779 e. The van der Waals surface area contributed by atoms with Crippen LogP contribution >= 0.6 is 0 Å². The molecule has 2 aromatic carbocycles. The molecule has 0 saturated heterocycles. The highest BCUT2D eigenvalue weighted by atomic mass is 14.5. The van der Waals surface area contributed by atoms with Gasteiger partial charge in [-0.3, -0.25) is 0 Å². The van der Waals surface area contributed by atoms with E-state index in [9.17, 15) is 5.41 Å². The highest BCUT2D eigenvalue weighted by Crippen LogP contribution is 2.48. The van der Waals surface area contributed by atoms with Gasteiger partial charge in [0.05, 0.1) is 12.0 Å². The fraction of sp³-hybridized carbons (Fsp3) is 0.0526. The van der Waals surface area contributed by atoms with Gasteiger partial charge in [0.1, 0.15) is 0 Å². The Labute approximate surface area is 118 Å². The average molecular weight is 255 g/mol. The first-order valence-electron chi connectivity index (χ1n) is 6.82. The van der Waals surface area contributed by atoms with Gasteiger partial charge in [0.15, 0.2) is 0 Å². The maximum atomic E-state index is 10.2. The van der Waals surface area contributed by atoms with Crippen molar-refractivity contribution in [2.75, 3.05) is 0 Å². The van der Waals surface area contributed by atoms with E-state index < -0.39 is 0 Å². The van der Waals surface area contributed by atoms with E-state index in [1.807, 2.05) is 18.6 Å². The Morgan fingerprint density at radius 1 is 0.850 bits per heavy atom. The molecule has 0 spiro atoms. The average Bonchev–Trinajstić information content (AvgIpc) is 2.83. The second kappa shape index (κ2) is 4.24. The molecular weight excluding hydrogens is 242 g/mol. The molecule has 0 radical (unpaired) electrons. The Hall–Kier alpha value is -2.54. The van der Waals surface area contributed by atoms with Crippen LogP contribution in [0.15, 0.2) is 72.3 Å². The van der Waals surface area contributed by atoms with E-state index in [0.717, 1.165) is 5.57 Å². The van der Waals surface area contributed by atoms with Gasteiger partial charge in [-0.15, -0.1) is 0 Å². The first-order valence-corrected chi connectivity index (χ1v) is 6.82. The highest BCUT2D eigenvalue weighted by Gasteiger charge is 2.33. The summed E-state index contributed by atoms with van der Waals surface area (Å²) in [5.74, 6) is 0.128. The first-order chi connectivity index (χ1) is 9.86. The second-order valence-corrected chi connectivity index (χ2v) is 5.17. The van der Waals surface area contributed by atoms with E-state index in [1.165, 1.54) is 22.3 Å². The van der Waals surface area contributed by atoms with Crippen molar-refractivity contribution in [3.05, 3.63) is 95.3 Å². The molecule has 1 nitrogen and oxygen atoms in total. The molecule has 94 valence electrons. The third-order valence-corrected chi connectivity index (χ3v) is 4.08. The van der Waals surface area contributed by atoms with Crippen LogP contribution in [0, 0.1) is 6.42 Å². The topological polar surface area (TPSA) is 22.3 Å². The lowest BCUT2D eigenvalue weighted by molar-refractivity contribution is 1.03. The molecule has 0 heterocycles. The summed E-state index contributed by atoms with van der Waals surface area (Å²) in [7, 11) is 0. The van der Waals surface area contributed by atoms with E-state index in [-0.39, 0.29) is 5.92 Å². The molecule has 0 bridgehead atoms. The molecule has 2 aromatic rings. The lowest BCUT2D eigenvalue weighted by atomic mass is 9.84. The van der Waals surface area contributed by atoms with Gasteiger partial charge in [-0.25, -0.2) is 0 Å². The maximum Gasteiger partial charge on any atom is 0.0793 e. The van der Waals surface area contributed by atoms with Gasteiger partial charge in [-0.1, -0.05) is 48.5 Å². The lowest BCUT2D eigenvalue weighted by Crippen LogP contribution is -2.10. The van der Waals surface area contributed by atoms with Crippen LogP contribution < -0.4 is 0 Å². The van der Waals surface area contributed by atoms with Crippen LogP contribution in [-0.2, 0) is 0 Å². The van der Waals surface area contributed by atoms with Crippen molar-refractivity contribution < 1.29 is 0 Å². The van der Waals surface area contributed by atoms with Crippen LogP contribution in [0.25, 0.3) is 16.5 Å². The van der Waals surface area contributed by atoms with Crippen LogP contribution in [0.4, 0.5) is 0 Å². The molecule has 0 fully saturated rings. The fourth-order valence-corrected chi connectivity index (χ4v) is 3.22. The van der Waals surface area contributed by atoms with E-state index in [0.29, 0.717) is 5.71 Å². The van der Waals surface area contributed by atoms with E-state index in [4.69, 9.17) is 0 Å². The molecule has 0 N–H and O–H groups in total. The predicted molar refractivity (Wildman–Crippen MR) is 83.6 cm³/mol. The van der Waals surface area contributed by atoms with Gasteiger partial charge in [-0.05, 0) is 28.0 Å². The summed E-state index contributed by atoms with van der Waals surface area (Å²) < 4.78 is 0. The van der Waals surface area contributed by atoms with Crippen molar-refractivity contribution in [1.29, 1.82) is 0 Å². The smallest absolute Gasteiger partial charge is 0.0793 e. The van der Waals surface area contributed by atoms with Gasteiger partial charge >= 0.3 is 0 Å². The SMILES string of the molecule is [N-]=C1C=C[CH+]C=C1C1c2ccccc2-c2ccccc21. The van der Waals surface area contributed by atoms with E-state index >= 15 is 0 Å². The van der Waals surface area contributed by atoms with Gasteiger partial charge in [0.25, 0.3) is 0 Å². The summed E-state index contributed by atoms with van der Waals surface area (Å²) in [5, 5.41) is 10.2. The minimum absolute atomic E-state index is 0.128.